The molecule has 1 N–H and O–H groups in total. The zero-order chi connectivity index (χ0) is 27.8. The van der Waals surface area contributed by atoms with Gasteiger partial charge in [0, 0.05) is 34.6 Å². The standard InChI is InChI=1S/C30H33Cl3N2O3/c1-19(2)16-34-30(37)27(14-22-8-6-5-7-9-22)35(17-23-10-11-24(31)15-26(23)32)28(36)18-38-25-12-20(3)29(33)21(4)13-25/h5-13,15,19,27H,14,16-18H2,1-4H3,(H,34,37)/t27-/m0/s1. The van der Waals surface area contributed by atoms with Gasteiger partial charge in [-0.15, -0.1) is 0 Å². The molecule has 0 unspecified atom stereocenters. The highest BCUT2D eigenvalue weighted by Crippen LogP contribution is 2.27. The molecule has 0 heterocycles. The molecule has 0 fully saturated rings. The van der Waals surface area contributed by atoms with Crippen molar-refractivity contribution in [1.29, 1.82) is 0 Å². The molecule has 0 spiro atoms. The van der Waals surface area contributed by atoms with Crippen molar-refractivity contribution in [2.45, 2.75) is 46.7 Å². The third-order valence-electron chi connectivity index (χ3n) is 6.08. The van der Waals surface area contributed by atoms with Crippen LogP contribution in [0.5, 0.6) is 5.75 Å². The van der Waals surface area contributed by atoms with Crippen molar-refractivity contribution in [2.24, 2.45) is 5.92 Å². The normalized spacial score (nSPS) is 11.8. The number of nitrogens with one attached hydrogen (secondary N) is 1. The van der Waals surface area contributed by atoms with E-state index in [2.05, 4.69) is 5.32 Å². The molecule has 0 aliphatic heterocycles. The molecule has 0 aliphatic rings. The van der Waals surface area contributed by atoms with Gasteiger partial charge in [0.05, 0.1) is 0 Å². The van der Waals surface area contributed by atoms with Crippen LogP contribution in [0.3, 0.4) is 0 Å². The Kier molecular flexibility index (Phi) is 10.9. The van der Waals surface area contributed by atoms with Crippen molar-refractivity contribution in [2.75, 3.05) is 13.2 Å². The first-order valence-electron chi connectivity index (χ1n) is 12.5. The molecule has 3 aromatic rings. The van der Waals surface area contributed by atoms with Crippen molar-refractivity contribution < 1.29 is 14.3 Å². The molecule has 2 amide bonds. The first-order chi connectivity index (χ1) is 18.0. The summed E-state index contributed by atoms with van der Waals surface area (Å²) in [5, 5.41) is 4.57. The van der Waals surface area contributed by atoms with E-state index in [9.17, 15) is 9.59 Å². The third-order valence-corrected chi connectivity index (χ3v) is 7.27. The minimum Gasteiger partial charge on any atom is -0.484 e. The lowest BCUT2D eigenvalue weighted by atomic mass is 10.0. The second-order valence-electron chi connectivity index (χ2n) is 9.76. The summed E-state index contributed by atoms with van der Waals surface area (Å²) in [5.41, 5.74) is 3.32. The van der Waals surface area contributed by atoms with Gasteiger partial charge in [0.15, 0.2) is 6.61 Å². The molecule has 3 aromatic carbocycles. The average molecular weight is 576 g/mol. The summed E-state index contributed by atoms with van der Waals surface area (Å²) < 4.78 is 5.90. The van der Waals surface area contributed by atoms with Crippen LogP contribution < -0.4 is 10.1 Å². The minimum atomic E-state index is -0.785. The number of carbonyl (C=O) groups excluding carboxylic acids is 2. The Balaban J connectivity index is 1.94. The molecule has 1 atom stereocenters. The molecule has 8 heteroatoms. The number of rotatable bonds is 11. The first kappa shape index (κ1) is 29.8. The first-order valence-corrected chi connectivity index (χ1v) is 13.6. The highest BCUT2D eigenvalue weighted by atomic mass is 35.5. The van der Waals surface area contributed by atoms with E-state index >= 15 is 0 Å². The molecule has 0 saturated carbocycles. The summed E-state index contributed by atoms with van der Waals surface area (Å²) in [6.07, 6.45) is 0.334. The molecule has 5 nitrogen and oxygen atoms in total. The summed E-state index contributed by atoms with van der Waals surface area (Å²) in [7, 11) is 0. The number of nitrogens with zero attached hydrogens (tertiary/aromatic N) is 1. The Morgan fingerprint density at radius 1 is 0.947 bits per heavy atom. The number of hydrogen-bond donors (Lipinski definition) is 1. The summed E-state index contributed by atoms with van der Waals surface area (Å²) in [5.74, 6) is 0.207. The maximum absolute atomic E-state index is 13.7. The van der Waals surface area contributed by atoms with E-state index in [1.807, 2.05) is 58.0 Å². The quantitative estimate of drug-likeness (QED) is 0.266. The number of amides is 2. The summed E-state index contributed by atoms with van der Waals surface area (Å²) >= 11 is 18.9. The van der Waals surface area contributed by atoms with Crippen LogP contribution in [0.1, 0.15) is 36.1 Å². The van der Waals surface area contributed by atoms with Crippen molar-refractivity contribution in [3.63, 3.8) is 0 Å². The minimum absolute atomic E-state index is 0.115. The van der Waals surface area contributed by atoms with E-state index in [1.165, 1.54) is 4.90 Å². The molecular formula is C30H33Cl3N2O3. The van der Waals surface area contributed by atoms with Crippen molar-refractivity contribution in [1.82, 2.24) is 10.2 Å². The van der Waals surface area contributed by atoms with Crippen molar-refractivity contribution in [3.8, 4) is 5.75 Å². The van der Waals surface area contributed by atoms with Gasteiger partial charge in [0.2, 0.25) is 5.91 Å². The molecule has 38 heavy (non-hydrogen) atoms. The smallest absolute Gasteiger partial charge is 0.261 e. The fourth-order valence-corrected chi connectivity index (χ4v) is 4.60. The Morgan fingerprint density at radius 2 is 1.61 bits per heavy atom. The highest BCUT2D eigenvalue weighted by Gasteiger charge is 2.31. The van der Waals surface area contributed by atoms with Gasteiger partial charge in [-0.3, -0.25) is 9.59 Å². The van der Waals surface area contributed by atoms with Crippen LogP contribution in [0.15, 0.2) is 60.7 Å². The van der Waals surface area contributed by atoms with E-state index < -0.39 is 6.04 Å². The van der Waals surface area contributed by atoms with Crippen molar-refractivity contribution >= 4 is 46.6 Å². The fraction of sp³-hybridized carbons (Fsp3) is 0.333. The van der Waals surface area contributed by atoms with Crippen LogP contribution in [-0.4, -0.2) is 35.9 Å². The monoisotopic (exact) mass is 574 g/mol. The van der Waals surface area contributed by atoms with E-state index in [0.717, 1.165) is 16.7 Å². The second kappa shape index (κ2) is 13.9. The number of hydrogen-bond acceptors (Lipinski definition) is 3. The summed E-state index contributed by atoms with van der Waals surface area (Å²) in [6.45, 7) is 8.16. The Morgan fingerprint density at radius 3 is 2.21 bits per heavy atom. The highest BCUT2D eigenvalue weighted by molar-refractivity contribution is 6.35. The van der Waals surface area contributed by atoms with Crippen LogP contribution in [0, 0.1) is 19.8 Å². The third kappa shape index (κ3) is 8.39. The van der Waals surface area contributed by atoms with Gasteiger partial charge in [0.1, 0.15) is 11.8 Å². The predicted molar refractivity (Wildman–Crippen MR) is 155 cm³/mol. The Bertz CT molecular complexity index is 1240. The maximum atomic E-state index is 13.7. The molecule has 0 radical (unpaired) electrons. The van der Waals surface area contributed by atoms with Gasteiger partial charge >= 0.3 is 0 Å². The number of aryl methyl sites for hydroxylation is 2. The van der Waals surface area contributed by atoms with Gasteiger partial charge < -0.3 is 15.0 Å². The van der Waals surface area contributed by atoms with Gasteiger partial charge in [-0.25, -0.2) is 0 Å². The number of ether oxygens (including phenoxy) is 1. The van der Waals surface area contributed by atoms with Gasteiger partial charge in [-0.1, -0.05) is 85.0 Å². The van der Waals surface area contributed by atoms with E-state index in [4.69, 9.17) is 39.5 Å². The van der Waals surface area contributed by atoms with Crippen LogP contribution in [0.4, 0.5) is 0 Å². The van der Waals surface area contributed by atoms with E-state index in [1.54, 1.807) is 30.3 Å². The lowest BCUT2D eigenvalue weighted by Gasteiger charge is -2.32. The van der Waals surface area contributed by atoms with E-state index in [0.29, 0.717) is 39.3 Å². The van der Waals surface area contributed by atoms with Crippen LogP contribution >= 0.6 is 34.8 Å². The van der Waals surface area contributed by atoms with Crippen LogP contribution in [0.25, 0.3) is 0 Å². The average Bonchev–Trinajstić information content (AvgIpc) is 2.88. The summed E-state index contributed by atoms with van der Waals surface area (Å²) in [6, 6.07) is 17.5. The maximum Gasteiger partial charge on any atom is 0.261 e. The zero-order valence-corrected chi connectivity index (χ0v) is 24.3. The van der Waals surface area contributed by atoms with Gasteiger partial charge in [-0.2, -0.15) is 0 Å². The van der Waals surface area contributed by atoms with Crippen LogP contribution in [-0.2, 0) is 22.6 Å². The van der Waals surface area contributed by atoms with E-state index in [-0.39, 0.29) is 30.9 Å². The molecule has 202 valence electrons. The number of benzene rings is 3. The molecule has 0 bridgehead atoms. The summed E-state index contributed by atoms with van der Waals surface area (Å²) in [4.78, 5) is 28.8. The Hall–Kier alpha value is -2.73. The topological polar surface area (TPSA) is 58.6 Å². The van der Waals surface area contributed by atoms with Crippen LogP contribution in [0.2, 0.25) is 15.1 Å². The molecular weight excluding hydrogens is 543 g/mol. The number of carbonyl (C=O) groups is 2. The largest absolute Gasteiger partial charge is 0.484 e. The molecule has 0 saturated heterocycles. The SMILES string of the molecule is Cc1cc(OCC(=O)N(Cc2ccc(Cl)cc2Cl)[C@@H](Cc2ccccc2)C(=O)NCC(C)C)cc(C)c1Cl. The van der Waals surface area contributed by atoms with Crippen molar-refractivity contribution in [3.05, 3.63) is 98.0 Å². The lowest BCUT2D eigenvalue weighted by Crippen LogP contribution is -2.52. The van der Waals surface area contributed by atoms with Gasteiger partial charge in [-0.05, 0) is 66.3 Å². The lowest BCUT2D eigenvalue weighted by molar-refractivity contribution is -0.142. The number of halogens is 3. The molecule has 0 aromatic heterocycles. The zero-order valence-electron chi connectivity index (χ0n) is 22.1. The second-order valence-corrected chi connectivity index (χ2v) is 11.0. The predicted octanol–water partition coefficient (Wildman–Crippen LogP) is 7.05. The molecule has 3 rings (SSSR count). The van der Waals surface area contributed by atoms with Gasteiger partial charge in [0.25, 0.3) is 5.91 Å². The molecule has 0 aliphatic carbocycles. The Labute approximate surface area is 240 Å². The fourth-order valence-electron chi connectivity index (χ4n) is 4.03.